The van der Waals surface area contributed by atoms with Gasteiger partial charge in [0.25, 0.3) is 0 Å². The smallest absolute Gasteiger partial charge is 0.123 e. The number of aromatic nitrogens is 2. The summed E-state index contributed by atoms with van der Waals surface area (Å²) in [4.78, 5) is 0. The number of aliphatic hydroxyl groups excluding tert-OH is 1. The fourth-order valence-corrected chi connectivity index (χ4v) is 2.85. The summed E-state index contributed by atoms with van der Waals surface area (Å²) < 4.78 is 14.9. The molecule has 2 unspecified atom stereocenters. The molecule has 5 heteroatoms. The average molecular weight is 319 g/mol. The van der Waals surface area contributed by atoms with Crippen molar-refractivity contribution in [3.05, 3.63) is 47.5 Å². The molecular weight excluding hydrogens is 293 g/mol. The van der Waals surface area contributed by atoms with Crippen LogP contribution in [0, 0.1) is 18.7 Å². The van der Waals surface area contributed by atoms with E-state index in [4.69, 9.17) is 0 Å². The van der Waals surface area contributed by atoms with Crippen LogP contribution >= 0.6 is 0 Å². The molecule has 0 amide bonds. The first kappa shape index (κ1) is 17.6. The van der Waals surface area contributed by atoms with Gasteiger partial charge in [-0.2, -0.15) is 5.10 Å². The summed E-state index contributed by atoms with van der Waals surface area (Å²) in [5, 5.41) is 17.2. The van der Waals surface area contributed by atoms with Gasteiger partial charge in [-0.1, -0.05) is 13.8 Å². The maximum Gasteiger partial charge on any atom is 0.123 e. The van der Waals surface area contributed by atoms with Crippen molar-refractivity contribution in [1.29, 1.82) is 0 Å². The third kappa shape index (κ3) is 4.18. The molecule has 2 rings (SSSR count). The quantitative estimate of drug-likeness (QED) is 0.822. The van der Waals surface area contributed by atoms with Gasteiger partial charge in [-0.25, -0.2) is 9.07 Å². The molecule has 2 aromatic rings. The van der Waals surface area contributed by atoms with Gasteiger partial charge in [0.05, 0.1) is 11.9 Å². The number of aliphatic hydroxyl groups is 1. The Morgan fingerprint density at radius 1 is 1.22 bits per heavy atom. The second-order valence-corrected chi connectivity index (χ2v) is 6.32. The van der Waals surface area contributed by atoms with Crippen molar-refractivity contribution >= 4 is 0 Å². The van der Waals surface area contributed by atoms with E-state index in [1.807, 2.05) is 17.8 Å². The minimum Gasteiger partial charge on any atom is -0.396 e. The Kier molecular flexibility index (Phi) is 5.91. The van der Waals surface area contributed by atoms with Crippen LogP contribution in [0.15, 0.2) is 30.5 Å². The van der Waals surface area contributed by atoms with E-state index in [-0.39, 0.29) is 24.5 Å². The van der Waals surface area contributed by atoms with E-state index in [2.05, 4.69) is 31.2 Å². The number of hydrogen-bond acceptors (Lipinski definition) is 3. The zero-order valence-electron chi connectivity index (χ0n) is 14.3. The summed E-state index contributed by atoms with van der Waals surface area (Å²) in [6.45, 7) is 8.59. The summed E-state index contributed by atoms with van der Waals surface area (Å²) in [6.07, 6.45) is 2.58. The van der Waals surface area contributed by atoms with Crippen molar-refractivity contribution < 1.29 is 9.50 Å². The molecule has 23 heavy (non-hydrogen) atoms. The number of hydrogen-bond donors (Lipinski definition) is 2. The summed E-state index contributed by atoms with van der Waals surface area (Å²) in [5.74, 6) is 0.189. The van der Waals surface area contributed by atoms with Crippen LogP contribution in [0.1, 0.15) is 44.5 Å². The first-order chi connectivity index (χ1) is 10.9. The predicted molar refractivity (Wildman–Crippen MR) is 90.1 cm³/mol. The largest absolute Gasteiger partial charge is 0.396 e. The number of nitrogens with one attached hydrogen (secondary N) is 1. The Bertz CT molecular complexity index is 622. The van der Waals surface area contributed by atoms with Crippen LogP contribution in [0.3, 0.4) is 0 Å². The number of halogens is 1. The first-order valence-electron chi connectivity index (χ1n) is 8.11. The second kappa shape index (κ2) is 7.70. The van der Waals surface area contributed by atoms with E-state index >= 15 is 0 Å². The SMILES string of the molecule is Cc1c(C(C)NC(CCO)C(C)C)cnn1-c1ccc(F)cc1. The number of benzene rings is 1. The maximum atomic E-state index is 13.1. The van der Waals surface area contributed by atoms with E-state index in [9.17, 15) is 9.50 Å². The van der Waals surface area contributed by atoms with E-state index in [0.717, 1.165) is 23.4 Å². The maximum absolute atomic E-state index is 13.1. The van der Waals surface area contributed by atoms with Crippen molar-refractivity contribution in [3.8, 4) is 5.69 Å². The van der Waals surface area contributed by atoms with Crippen molar-refractivity contribution in [1.82, 2.24) is 15.1 Å². The molecule has 0 radical (unpaired) electrons. The van der Waals surface area contributed by atoms with Gasteiger partial charge < -0.3 is 10.4 Å². The lowest BCUT2D eigenvalue weighted by atomic mass is 9.99. The highest BCUT2D eigenvalue weighted by Gasteiger charge is 2.19. The molecule has 0 bridgehead atoms. The van der Waals surface area contributed by atoms with Gasteiger partial charge in [0, 0.05) is 29.9 Å². The van der Waals surface area contributed by atoms with Crippen LogP contribution in [-0.4, -0.2) is 27.5 Å². The number of rotatable bonds is 7. The molecule has 0 fully saturated rings. The Balaban J connectivity index is 2.19. The highest BCUT2D eigenvalue weighted by molar-refractivity contribution is 5.35. The predicted octanol–water partition coefficient (Wildman–Crippen LogP) is 3.38. The van der Waals surface area contributed by atoms with E-state index < -0.39 is 0 Å². The molecule has 2 atom stereocenters. The van der Waals surface area contributed by atoms with Crippen LogP contribution in [0.25, 0.3) is 5.69 Å². The highest BCUT2D eigenvalue weighted by atomic mass is 19.1. The Hall–Kier alpha value is -1.72. The lowest BCUT2D eigenvalue weighted by Gasteiger charge is -2.26. The number of nitrogens with zero attached hydrogens (tertiary/aromatic N) is 2. The molecule has 4 nitrogen and oxygen atoms in total. The Labute approximate surface area is 137 Å². The molecule has 126 valence electrons. The zero-order valence-corrected chi connectivity index (χ0v) is 14.3. The highest BCUT2D eigenvalue weighted by Crippen LogP contribution is 2.22. The third-order valence-corrected chi connectivity index (χ3v) is 4.29. The monoisotopic (exact) mass is 319 g/mol. The topological polar surface area (TPSA) is 50.1 Å². The first-order valence-corrected chi connectivity index (χ1v) is 8.11. The van der Waals surface area contributed by atoms with Crippen LogP contribution in [0.2, 0.25) is 0 Å². The van der Waals surface area contributed by atoms with Gasteiger partial charge in [0.2, 0.25) is 0 Å². The van der Waals surface area contributed by atoms with Gasteiger partial charge in [-0.15, -0.1) is 0 Å². The molecule has 0 aliphatic heterocycles. The average Bonchev–Trinajstić information content (AvgIpc) is 2.89. The molecular formula is C18H26FN3O. The molecule has 0 spiro atoms. The van der Waals surface area contributed by atoms with E-state index in [1.54, 1.807) is 12.1 Å². The normalized spacial score (nSPS) is 14.2. The molecule has 0 saturated heterocycles. The van der Waals surface area contributed by atoms with Gasteiger partial charge in [-0.05, 0) is 50.5 Å². The van der Waals surface area contributed by atoms with Crippen LogP contribution < -0.4 is 5.32 Å². The van der Waals surface area contributed by atoms with Crippen molar-refractivity contribution in [2.75, 3.05) is 6.61 Å². The third-order valence-electron chi connectivity index (χ3n) is 4.29. The molecule has 1 aromatic heterocycles. The zero-order chi connectivity index (χ0) is 17.0. The van der Waals surface area contributed by atoms with Gasteiger partial charge in [-0.3, -0.25) is 0 Å². The van der Waals surface area contributed by atoms with E-state index in [0.29, 0.717) is 5.92 Å². The summed E-state index contributed by atoms with van der Waals surface area (Å²) in [7, 11) is 0. The van der Waals surface area contributed by atoms with Crippen LogP contribution in [-0.2, 0) is 0 Å². The lowest BCUT2D eigenvalue weighted by molar-refractivity contribution is 0.237. The summed E-state index contributed by atoms with van der Waals surface area (Å²) in [5.41, 5.74) is 2.99. The Morgan fingerprint density at radius 2 is 1.87 bits per heavy atom. The Morgan fingerprint density at radius 3 is 2.43 bits per heavy atom. The lowest BCUT2D eigenvalue weighted by Crippen LogP contribution is -2.36. The van der Waals surface area contributed by atoms with Gasteiger partial charge in [0.1, 0.15) is 5.82 Å². The second-order valence-electron chi connectivity index (χ2n) is 6.32. The summed E-state index contributed by atoms with van der Waals surface area (Å²) >= 11 is 0. The fourth-order valence-electron chi connectivity index (χ4n) is 2.85. The fraction of sp³-hybridized carbons (Fsp3) is 0.500. The molecule has 1 heterocycles. The minimum atomic E-state index is -0.252. The molecule has 0 aliphatic carbocycles. The van der Waals surface area contributed by atoms with Crippen LogP contribution in [0.4, 0.5) is 4.39 Å². The van der Waals surface area contributed by atoms with Gasteiger partial charge in [0.15, 0.2) is 0 Å². The molecule has 0 saturated carbocycles. The molecule has 2 N–H and O–H groups in total. The minimum absolute atomic E-state index is 0.128. The standard InChI is InChI=1S/C18H26FN3O/c1-12(2)18(9-10-23)21-13(3)17-11-20-22(14(17)4)16-7-5-15(19)6-8-16/h5-8,11-13,18,21,23H,9-10H2,1-4H3. The van der Waals surface area contributed by atoms with E-state index in [1.165, 1.54) is 12.1 Å². The summed E-state index contributed by atoms with van der Waals surface area (Å²) in [6, 6.07) is 6.70. The van der Waals surface area contributed by atoms with Crippen molar-refractivity contribution in [3.63, 3.8) is 0 Å². The van der Waals surface area contributed by atoms with Crippen molar-refractivity contribution in [2.45, 2.75) is 46.2 Å². The van der Waals surface area contributed by atoms with Gasteiger partial charge >= 0.3 is 0 Å². The molecule has 0 aliphatic rings. The van der Waals surface area contributed by atoms with Crippen molar-refractivity contribution in [2.24, 2.45) is 5.92 Å². The van der Waals surface area contributed by atoms with Crippen LogP contribution in [0.5, 0.6) is 0 Å². The molecule has 1 aromatic carbocycles.